The number of imidazole rings is 1. The summed E-state index contributed by atoms with van der Waals surface area (Å²) < 4.78 is 2.32. The van der Waals surface area contributed by atoms with E-state index >= 15 is 0 Å². The van der Waals surface area contributed by atoms with E-state index in [1.807, 2.05) is 25.2 Å². The van der Waals surface area contributed by atoms with Gasteiger partial charge in [0.25, 0.3) is 0 Å². The van der Waals surface area contributed by atoms with E-state index in [1.54, 1.807) is 11.8 Å². The number of aromatic nitrogens is 3. The van der Waals surface area contributed by atoms with Crippen LogP contribution in [0.15, 0.2) is 35.6 Å². The summed E-state index contributed by atoms with van der Waals surface area (Å²) >= 11 is 1.76. The van der Waals surface area contributed by atoms with Crippen LogP contribution in [-0.4, -0.2) is 47.8 Å². The fourth-order valence-electron chi connectivity index (χ4n) is 4.21. The highest BCUT2D eigenvalue weighted by molar-refractivity contribution is 7.98. The van der Waals surface area contributed by atoms with E-state index in [-0.39, 0.29) is 0 Å². The monoisotopic (exact) mass is 421 g/mol. The molecule has 3 heterocycles. The Morgan fingerprint density at radius 3 is 2.37 bits per heavy atom. The van der Waals surface area contributed by atoms with E-state index < -0.39 is 0 Å². The number of aryl methyl sites for hydroxylation is 1. The van der Waals surface area contributed by atoms with Gasteiger partial charge in [0.1, 0.15) is 22.3 Å². The number of hydrogen-bond acceptors (Lipinski definition) is 5. The zero-order chi connectivity index (χ0) is 20.8. The lowest BCUT2D eigenvalue weighted by atomic mass is 10.0. The third-order valence-electron chi connectivity index (χ3n) is 6.28. The maximum Gasteiger partial charge on any atom is 0.147 e. The quantitative estimate of drug-likeness (QED) is 0.472. The Kier molecular flexibility index (Phi) is 5.13. The summed E-state index contributed by atoms with van der Waals surface area (Å²) in [6.45, 7) is 4.50. The zero-order valence-electron chi connectivity index (χ0n) is 18.4. The molecule has 0 aromatic carbocycles. The molecule has 0 unspecified atom stereocenters. The first-order chi connectivity index (χ1) is 14.5. The van der Waals surface area contributed by atoms with Crippen LogP contribution in [0.3, 0.4) is 0 Å². The van der Waals surface area contributed by atoms with Gasteiger partial charge < -0.3 is 9.80 Å². The van der Waals surface area contributed by atoms with Crippen LogP contribution in [0.2, 0.25) is 0 Å². The molecular weight excluding hydrogens is 390 g/mol. The smallest absolute Gasteiger partial charge is 0.147 e. The van der Waals surface area contributed by atoms with Crippen LogP contribution in [0, 0.1) is 18.8 Å². The van der Waals surface area contributed by atoms with Crippen molar-refractivity contribution in [3.05, 3.63) is 36.2 Å². The van der Waals surface area contributed by atoms with Crippen molar-refractivity contribution in [2.75, 3.05) is 43.2 Å². The van der Waals surface area contributed by atoms with E-state index in [0.29, 0.717) is 0 Å². The Balaban J connectivity index is 1.62. The minimum atomic E-state index is 0.859. The third kappa shape index (κ3) is 3.78. The summed E-state index contributed by atoms with van der Waals surface area (Å²) in [5, 5.41) is 1.14. The first-order valence-electron chi connectivity index (χ1n) is 11.0. The number of thioether (sulfide) groups is 1. The highest BCUT2D eigenvalue weighted by atomic mass is 32.2. The van der Waals surface area contributed by atoms with Crippen LogP contribution in [-0.2, 0) is 0 Å². The molecule has 2 aliphatic carbocycles. The standard InChI is InChI=1S/C24H31N5S/c1-16-12-21(27(2)3)25-13-20(16)19-6-5-11-29-22(19)26-23(30-4)24(29)28(14-17-7-8-17)15-18-9-10-18/h5-6,11-13,17-18H,7-10,14-15H2,1-4H3. The minimum absolute atomic E-state index is 0.859. The van der Waals surface area contributed by atoms with Crippen LogP contribution in [0.5, 0.6) is 0 Å². The Morgan fingerprint density at radius 1 is 1.10 bits per heavy atom. The molecule has 0 N–H and O–H groups in total. The largest absolute Gasteiger partial charge is 0.363 e. The van der Waals surface area contributed by atoms with Gasteiger partial charge in [0.05, 0.1) is 0 Å². The van der Waals surface area contributed by atoms with Crippen LogP contribution < -0.4 is 9.80 Å². The summed E-state index contributed by atoms with van der Waals surface area (Å²) in [4.78, 5) is 14.5. The lowest BCUT2D eigenvalue weighted by Gasteiger charge is -2.25. The van der Waals surface area contributed by atoms with E-state index in [9.17, 15) is 0 Å². The second-order valence-corrected chi connectivity index (χ2v) is 9.90. The van der Waals surface area contributed by atoms with Crippen molar-refractivity contribution in [1.82, 2.24) is 14.4 Å². The van der Waals surface area contributed by atoms with Gasteiger partial charge in [-0.2, -0.15) is 0 Å². The molecule has 3 aromatic heterocycles. The molecule has 158 valence electrons. The molecule has 0 aliphatic heterocycles. The molecule has 0 saturated heterocycles. The summed E-state index contributed by atoms with van der Waals surface area (Å²) in [5.74, 6) is 3.99. The highest BCUT2D eigenvalue weighted by Crippen LogP contribution is 2.40. The Hall–Kier alpha value is -2.21. The van der Waals surface area contributed by atoms with Crippen LogP contribution in [0.4, 0.5) is 11.6 Å². The number of anilines is 2. The summed E-state index contributed by atoms with van der Waals surface area (Å²) in [7, 11) is 4.06. The predicted molar refractivity (Wildman–Crippen MR) is 127 cm³/mol. The maximum absolute atomic E-state index is 5.13. The lowest BCUT2D eigenvalue weighted by Crippen LogP contribution is -2.29. The molecule has 3 aromatic rings. The summed E-state index contributed by atoms with van der Waals surface area (Å²) in [6, 6.07) is 6.50. The van der Waals surface area contributed by atoms with Gasteiger partial charge in [0.15, 0.2) is 0 Å². The minimum Gasteiger partial charge on any atom is -0.363 e. The van der Waals surface area contributed by atoms with Crippen LogP contribution >= 0.6 is 11.8 Å². The van der Waals surface area contributed by atoms with Gasteiger partial charge in [-0.15, -0.1) is 11.8 Å². The molecule has 6 heteroatoms. The van der Waals surface area contributed by atoms with E-state index in [0.717, 1.165) is 39.5 Å². The van der Waals surface area contributed by atoms with Crippen molar-refractivity contribution in [3.63, 3.8) is 0 Å². The first kappa shape index (κ1) is 19.7. The van der Waals surface area contributed by atoms with Gasteiger partial charge in [-0.05, 0) is 74.5 Å². The van der Waals surface area contributed by atoms with Gasteiger partial charge in [-0.1, -0.05) is 0 Å². The Bertz CT molecular complexity index is 1050. The van der Waals surface area contributed by atoms with Crippen LogP contribution in [0.1, 0.15) is 31.2 Å². The summed E-state index contributed by atoms with van der Waals surface area (Å²) in [6.07, 6.45) is 11.8. The van der Waals surface area contributed by atoms with Crippen molar-refractivity contribution >= 4 is 29.0 Å². The first-order valence-corrected chi connectivity index (χ1v) is 12.2. The molecule has 2 aliphatic rings. The number of fused-ring (bicyclic) bond motifs is 1. The summed E-state index contributed by atoms with van der Waals surface area (Å²) in [5.41, 5.74) is 4.58. The molecule has 0 spiro atoms. The van der Waals surface area contributed by atoms with Crippen molar-refractivity contribution in [2.24, 2.45) is 11.8 Å². The van der Waals surface area contributed by atoms with Gasteiger partial charge >= 0.3 is 0 Å². The van der Waals surface area contributed by atoms with Gasteiger partial charge in [-0.25, -0.2) is 9.97 Å². The van der Waals surface area contributed by atoms with Crippen molar-refractivity contribution < 1.29 is 0 Å². The maximum atomic E-state index is 5.13. The lowest BCUT2D eigenvalue weighted by molar-refractivity contribution is 0.664. The molecule has 0 atom stereocenters. The van der Waals surface area contributed by atoms with Gasteiger partial charge in [0.2, 0.25) is 0 Å². The number of nitrogens with zero attached hydrogens (tertiary/aromatic N) is 5. The molecule has 5 rings (SSSR count). The van der Waals surface area contributed by atoms with Crippen LogP contribution in [0.25, 0.3) is 16.8 Å². The average Bonchev–Trinajstić information content (AvgIpc) is 3.66. The highest BCUT2D eigenvalue weighted by Gasteiger charge is 2.32. The normalized spacial score (nSPS) is 16.3. The average molecular weight is 422 g/mol. The number of rotatable bonds is 8. The van der Waals surface area contributed by atoms with E-state index in [2.05, 4.69) is 51.9 Å². The molecule has 2 saturated carbocycles. The third-order valence-corrected chi connectivity index (χ3v) is 6.94. The SMILES string of the molecule is CSc1nc2c(-c3cnc(N(C)C)cc3C)cccn2c1N(CC1CC1)CC1CC1. The topological polar surface area (TPSA) is 36.7 Å². The second kappa shape index (κ2) is 7.80. The zero-order valence-corrected chi connectivity index (χ0v) is 19.2. The Labute approximate surface area is 183 Å². The van der Waals surface area contributed by atoms with Gasteiger partial charge in [0, 0.05) is 50.7 Å². The fourth-order valence-corrected chi connectivity index (χ4v) is 4.80. The second-order valence-electron chi connectivity index (χ2n) is 9.10. The molecule has 0 radical (unpaired) electrons. The fraction of sp³-hybridized carbons (Fsp3) is 0.500. The van der Waals surface area contributed by atoms with Crippen molar-refractivity contribution in [3.8, 4) is 11.1 Å². The van der Waals surface area contributed by atoms with Crippen molar-refractivity contribution in [2.45, 2.75) is 37.6 Å². The number of pyridine rings is 2. The van der Waals surface area contributed by atoms with E-state index in [1.165, 1.54) is 50.2 Å². The molecule has 0 amide bonds. The Morgan fingerprint density at radius 2 is 1.80 bits per heavy atom. The van der Waals surface area contributed by atoms with Gasteiger partial charge in [-0.3, -0.25) is 4.40 Å². The predicted octanol–water partition coefficient (Wildman–Crippen LogP) is 5.12. The van der Waals surface area contributed by atoms with Crippen molar-refractivity contribution in [1.29, 1.82) is 0 Å². The molecule has 2 fully saturated rings. The number of hydrogen-bond donors (Lipinski definition) is 0. The molecule has 0 bridgehead atoms. The van der Waals surface area contributed by atoms with E-state index in [4.69, 9.17) is 4.98 Å². The molecule has 30 heavy (non-hydrogen) atoms. The molecule has 5 nitrogen and oxygen atoms in total. The molecular formula is C24H31N5S.